The minimum absolute atomic E-state index is 0.175. The van der Waals surface area contributed by atoms with Crippen molar-refractivity contribution in [2.45, 2.75) is 65.5 Å². The van der Waals surface area contributed by atoms with Crippen molar-refractivity contribution in [2.24, 2.45) is 5.92 Å². The third kappa shape index (κ3) is 3.79. The maximum absolute atomic E-state index is 3.68. The summed E-state index contributed by atoms with van der Waals surface area (Å²) in [6.07, 6.45) is 0. The lowest BCUT2D eigenvalue weighted by Crippen LogP contribution is -2.63. The summed E-state index contributed by atoms with van der Waals surface area (Å²) in [6.45, 7) is 18.2. The molecule has 1 saturated heterocycles. The van der Waals surface area contributed by atoms with Gasteiger partial charge >= 0.3 is 0 Å². The molecule has 1 unspecified atom stereocenters. The van der Waals surface area contributed by atoms with E-state index in [-0.39, 0.29) is 11.0 Å². The molecule has 0 aliphatic carbocycles. The van der Waals surface area contributed by atoms with Gasteiger partial charge in [-0.2, -0.15) is 0 Å². The smallest absolute Gasteiger partial charge is 0.0438 e. The third-order valence-corrected chi connectivity index (χ3v) is 4.59. The van der Waals surface area contributed by atoms with Crippen LogP contribution in [0.3, 0.4) is 0 Å². The summed E-state index contributed by atoms with van der Waals surface area (Å²) in [6, 6.07) is 9.76. The van der Waals surface area contributed by atoms with Crippen molar-refractivity contribution in [2.75, 3.05) is 18.0 Å². The van der Waals surface area contributed by atoms with E-state index < -0.39 is 0 Å². The molecule has 2 rings (SSSR count). The third-order valence-electron chi connectivity index (χ3n) is 4.59. The highest BCUT2D eigenvalue weighted by Crippen LogP contribution is 2.29. The molecule has 1 heterocycles. The Labute approximate surface area is 130 Å². The maximum atomic E-state index is 3.68. The van der Waals surface area contributed by atoms with Crippen LogP contribution in [0.2, 0.25) is 0 Å². The predicted octanol–water partition coefficient (Wildman–Crippen LogP) is 4.20. The molecular weight excluding hydrogens is 256 g/mol. The van der Waals surface area contributed by atoms with E-state index in [4.69, 9.17) is 0 Å². The average molecular weight is 288 g/mol. The normalized spacial score (nSPS) is 22.7. The van der Waals surface area contributed by atoms with E-state index in [1.54, 1.807) is 0 Å². The van der Waals surface area contributed by atoms with Gasteiger partial charge in [-0.1, -0.05) is 46.8 Å². The van der Waals surface area contributed by atoms with E-state index in [0.29, 0.717) is 12.0 Å². The molecule has 0 radical (unpaired) electrons. The molecule has 1 N–H and O–H groups in total. The van der Waals surface area contributed by atoms with Crippen molar-refractivity contribution in [1.29, 1.82) is 0 Å². The lowest BCUT2D eigenvalue weighted by molar-refractivity contribution is 0.277. The second-order valence-corrected chi connectivity index (χ2v) is 8.50. The van der Waals surface area contributed by atoms with Gasteiger partial charge in [-0.05, 0) is 42.9 Å². The summed E-state index contributed by atoms with van der Waals surface area (Å²) >= 11 is 0. The van der Waals surface area contributed by atoms with Gasteiger partial charge in [-0.25, -0.2) is 0 Å². The van der Waals surface area contributed by atoms with Crippen molar-refractivity contribution in [3.8, 4) is 0 Å². The molecule has 0 saturated carbocycles. The maximum Gasteiger partial charge on any atom is 0.0438 e. The highest BCUT2D eigenvalue weighted by atomic mass is 15.3. The van der Waals surface area contributed by atoms with Gasteiger partial charge < -0.3 is 10.2 Å². The van der Waals surface area contributed by atoms with Crippen LogP contribution >= 0.6 is 0 Å². The van der Waals surface area contributed by atoms with E-state index in [0.717, 1.165) is 13.1 Å². The molecule has 0 bridgehead atoms. The summed E-state index contributed by atoms with van der Waals surface area (Å²) in [5.74, 6) is 0.649. The second-order valence-electron chi connectivity index (χ2n) is 8.50. The Morgan fingerprint density at radius 1 is 1.14 bits per heavy atom. The van der Waals surface area contributed by atoms with Gasteiger partial charge in [-0.15, -0.1) is 0 Å². The average Bonchev–Trinajstić information content (AvgIpc) is 2.36. The minimum atomic E-state index is 0.175. The number of hydrogen-bond acceptors (Lipinski definition) is 2. The van der Waals surface area contributed by atoms with Crippen LogP contribution in [0.15, 0.2) is 24.3 Å². The summed E-state index contributed by atoms with van der Waals surface area (Å²) in [5, 5.41) is 3.68. The van der Waals surface area contributed by atoms with Crippen molar-refractivity contribution in [3.05, 3.63) is 29.8 Å². The number of benzene rings is 1. The van der Waals surface area contributed by atoms with E-state index in [1.165, 1.54) is 11.3 Å². The zero-order valence-corrected chi connectivity index (χ0v) is 14.8. The topological polar surface area (TPSA) is 15.3 Å². The van der Waals surface area contributed by atoms with Crippen LogP contribution < -0.4 is 10.2 Å². The number of hydrogen-bond donors (Lipinski definition) is 1. The number of nitrogens with one attached hydrogen (secondary N) is 1. The van der Waals surface area contributed by atoms with Crippen molar-refractivity contribution >= 4 is 5.69 Å². The van der Waals surface area contributed by atoms with Crippen LogP contribution in [0, 0.1) is 5.92 Å². The van der Waals surface area contributed by atoms with Gasteiger partial charge in [0, 0.05) is 30.4 Å². The number of piperazine rings is 1. The summed E-state index contributed by atoms with van der Waals surface area (Å²) in [5.41, 5.74) is 3.16. The molecular formula is C19H32N2. The van der Waals surface area contributed by atoms with E-state index in [2.05, 4.69) is 82.9 Å². The fourth-order valence-corrected chi connectivity index (χ4v) is 3.12. The summed E-state index contributed by atoms with van der Waals surface area (Å²) in [4.78, 5) is 2.59. The Hall–Kier alpha value is -1.02. The van der Waals surface area contributed by atoms with Crippen LogP contribution in [-0.2, 0) is 5.41 Å². The Bertz CT molecular complexity index is 465. The van der Waals surface area contributed by atoms with Crippen molar-refractivity contribution in [3.63, 3.8) is 0 Å². The van der Waals surface area contributed by atoms with E-state index >= 15 is 0 Å². The predicted molar refractivity (Wildman–Crippen MR) is 93.2 cm³/mol. The molecule has 118 valence electrons. The van der Waals surface area contributed by atoms with Crippen LogP contribution in [0.4, 0.5) is 5.69 Å². The molecule has 1 aromatic carbocycles. The SMILES string of the molecule is CC(C)C1CNC(C)(C)CN1c1ccc(C(C)(C)C)cc1. The highest BCUT2D eigenvalue weighted by Gasteiger charge is 2.34. The first kappa shape index (κ1) is 16.4. The quantitative estimate of drug-likeness (QED) is 0.877. The lowest BCUT2D eigenvalue weighted by atomic mass is 9.86. The first-order valence-corrected chi connectivity index (χ1v) is 8.22. The molecule has 2 nitrogen and oxygen atoms in total. The molecule has 1 aliphatic rings. The number of nitrogens with zero attached hydrogens (tertiary/aromatic N) is 1. The first-order valence-electron chi connectivity index (χ1n) is 8.22. The fourth-order valence-electron chi connectivity index (χ4n) is 3.12. The zero-order valence-electron chi connectivity index (χ0n) is 14.8. The number of rotatable bonds is 2. The molecule has 1 aliphatic heterocycles. The molecule has 21 heavy (non-hydrogen) atoms. The largest absolute Gasteiger partial charge is 0.365 e. The molecule has 0 spiro atoms. The Morgan fingerprint density at radius 2 is 1.71 bits per heavy atom. The Morgan fingerprint density at radius 3 is 2.19 bits per heavy atom. The fraction of sp³-hybridized carbons (Fsp3) is 0.684. The van der Waals surface area contributed by atoms with Gasteiger partial charge in [0.15, 0.2) is 0 Å². The first-order chi connectivity index (χ1) is 9.60. The Balaban J connectivity index is 2.28. The van der Waals surface area contributed by atoms with E-state index in [9.17, 15) is 0 Å². The Kier molecular flexibility index (Phi) is 4.39. The van der Waals surface area contributed by atoms with Gasteiger partial charge in [0.25, 0.3) is 0 Å². The molecule has 1 fully saturated rings. The van der Waals surface area contributed by atoms with Gasteiger partial charge in [-0.3, -0.25) is 0 Å². The van der Waals surface area contributed by atoms with Gasteiger partial charge in [0.2, 0.25) is 0 Å². The van der Waals surface area contributed by atoms with Crippen LogP contribution in [0.1, 0.15) is 54.0 Å². The van der Waals surface area contributed by atoms with Crippen molar-refractivity contribution in [1.82, 2.24) is 5.32 Å². The van der Waals surface area contributed by atoms with Crippen LogP contribution in [0.25, 0.3) is 0 Å². The van der Waals surface area contributed by atoms with Crippen molar-refractivity contribution < 1.29 is 0 Å². The van der Waals surface area contributed by atoms with Crippen LogP contribution in [-0.4, -0.2) is 24.7 Å². The second kappa shape index (κ2) is 5.64. The lowest BCUT2D eigenvalue weighted by Gasteiger charge is -2.47. The minimum Gasteiger partial charge on any atom is -0.365 e. The highest BCUT2D eigenvalue weighted by molar-refractivity contribution is 5.51. The molecule has 1 atom stereocenters. The number of anilines is 1. The molecule has 2 heteroatoms. The van der Waals surface area contributed by atoms with Gasteiger partial charge in [0.1, 0.15) is 0 Å². The zero-order chi connectivity index (χ0) is 15.8. The van der Waals surface area contributed by atoms with E-state index in [1.807, 2.05) is 0 Å². The standard InChI is InChI=1S/C19H32N2/c1-14(2)17-12-20-19(6,7)13-21(17)16-10-8-15(9-11-16)18(3,4)5/h8-11,14,17,20H,12-13H2,1-7H3. The van der Waals surface area contributed by atoms with Crippen LogP contribution in [0.5, 0.6) is 0 Å². The summed E-state index contributed by atoms with van der Waals surface area (Å²) in [7, 11) is 0. The summed E-state index contributed by atoms with van der Waals surface area (Å²) < 4.78 is 0. The monoisotopic (exact) mass is 288 g/mol. The molecule has 0 aromatic heterocycles. The van der Waals surface area contributed by atoms with Gasteiger partial charge in [0.05, 0.1) is 0 Å². The molecule has 1 aromatic rings. The molecule has 0 amide bonds.